The summed E-state index contributed by atoms with van der Waals surface area (Å²) in [6, 6.07) is 24.1. The van der Waals surface area contributed by atoms with Gasteiger partial charge in [-0.25, -0.2) is 0 Å². The topological polar surface area (TPSA) is 76.7 Å². The van der Waals surface area contributed by atoms with Crippen LogP contribution in [0.4, 0.5) is 17.1 Å². The van der Waals surface area contributed by atoms with Gasteiger partial charge < -0.3 is 25.8 Å². The van der Waals surface area contributed by atoms with Gasteiger partial charge in [0.2, 0.25) is 0 Å². The Bertz CT molecular complexity index is 1510. The molecule has 3 N–H and O–H groups in total. The first-order valence-corrected chi connectivity index (χ1v) is 13.9. The molecule has 2 heterocycles. The number of carbonyl (C=O) groups is 2. The van der Waals surface area contributed by atoms with Crippen molar-refractivity contribution >= 4 is 40.1 Å². The summed E-state index contributed by atoms with van der Waals surface area (Å²) < 4.78 is 0. The third kappa shape index (κ3) is 5.58. The van der Waals surface area contributed by atoms with Gasteiger partial charge in [0.1, 0.15) is 0 Å². The molecule has 7 nitrogen and oxygen atoms in total. The summed E-state index contributed by atoms with van der Waals surface area (Å²) in [5.74, 6) is 5.18. The van der Waals surface area contributed by atoms with Gasteiger partial charge in [0.15, 0.2) is 0 Å². The van der Waals surface area contributed by atoms with E-state index in [1.165, 1.54) is 5.69 Å². The van der Waals surface area contributed by atoms with Crippen LogP contribution < -0.4 is 20.9 Å². The van der Waals surface area contributed by atoms with E-state index in [4.69, 9.17) is 0 Å². The average molecular weight is 532 g/mol. The van der Waals surface area contributed by atoms with Crippen LogP contribution in [-0.4, -0.2) is 56.0 Å². The summed E-state index contributed by atoms with van der Waals surface area (Å²) >= 11 is 0. The molecule has 3 aromatic rings. The summed E-state index contributed by atoms with van der Waals surface area (Å²) in [5, 5.41) is 9.47. The molecule has 0 unspecified atom stereocenters. The van der Waals surface area contributed by atoms with Crippen LogP contribution >= 0.6 is 0 Å². The molecule has 2 aliphatic heterocycles. The van der Waals surface area contributed by atoms with Crippen molar-refractivity contribution in [1.29, 1.82) is 0 Å². The van der Waals surface area contributed by atoms with Crippen molar-refractivity contribution in [2.45, 2.75) is 25.3 Å². The molecule has 1 saturated carbocycles. The van der Waals surface area contributed by atoms with Crippen molar-refractivity contribution in [3.63, 3.8) is 0 Å². The summed E-state index contributed by atoms with van der Waals surface area (Å²) in [4.78, 5) is 30.2. The number of benzene rings is 3. The minimum atomic E-state index is -0.260. The highest BCUT2D eigenvalue weighted by atomic mass is 16.2. The molecule has 2 fully saturated rings. The predicted octanol–water partition coefficient (Wildman–Crippen LogP) is 4.39. The number of piperazine rings is 1. The zero-order valence-corrected chi connectivity index (χ0v) is 22.7. The van der Waals surface area contributed by atoms with Crippen LogP contribution in [0.2, 0.25) is 0 Å². The second kappa shape index (κ2) is 11.3. The first kappa shape index (κ1) is 25.7. The highest BCUT2D eigenvalue weighted by Crippen LogP contribution is 2.38. The second-order valence-corrected chi connectivity index (χ2v) is 10.6. The number of nitrogens with zero attached hydrogens (tertiary/aromatic N) is 2. The Kier molecular flexibility index (Phi) is 7.26. The standard InChI is InChI=1S/C33H33N5O2/c1-37-18-20-38(21-19-37)27-14-12-26(13-15-27)35-32(24-6-3-2-4-7-24)31-28-16-10-23(22-29(28)36-33(31)40)11-17-30(39)34-25-8-5-9-25/h2-4,6-7,10,12-16,22,25,35H,5,8-9,18-21H2,1H3,(H,34,39)(H,36,40)/b32-31-. The molecule has 40 heavy (non-hydrogen) atoms. The molecule has 1 aliphatic carbocycles. The van der Waals surface area contributed by atoms with Gasteiger partial charge in [-0.1, -0.05) is 42.3 Å². The number of anilines is 3. The highest BCUT2D eigenvalue weighted by molar-refractivity contribution is 6.37. The van der Waals surface area contributed by atoms with E-state index >= 15 is 0 Å². The van der Waals surface area contributed by atoms with Crippen LogP contribution in [-0.2, 0) is 9.59 Å². The fraction of sp³-hybridized carbons (Fsp3) is 0.273. The number of rotatable bonds is 5. The number of nitrogens with one attached hydrogen (secondary N) is 3. The SMILES string of the molecule is CN1CCN(c2ccc(N/C(=C3\C(=O)Nc4cc(C#CC(=O)NC5CCC5)ccc43)c3ccccc3)cc2)CC1. The molecule has 0 bridgehead atoms. The lowest BCUT2D eigenvalue weighted by Gasteiger charge is -2.34. The van der Waals surface area contributed by atoms with E-state index < -0.39 is 0 Å². The van der Waals surface area contributed by atoms with Crippen molar-refractivity contribution in [3.8, 4) is 11.8 Å². The highest BCUT2D eigenvalue weighted by Gasteiger charge is 2.29. The Morgan fingerprint density at radius 2 is 1.70 bits per heavy atom. The zero-order valence-electron chi connectivity index (χ0n) is 22.7. The molecule has 3 aromatic carbocycles. The normalized spacial score (nSPS) is 18.1. The second-order valence-electron chi connectivity index (χ2n) is 10.6. The fourth-order valence-corrected chi connectivity index (χ4v) is 5.25. The van der Waals surface area contributed by atoms with E-state index in [9.17, 15) is 9.59 Å². The number of hydrogen-bond acceptors (Lipinski definition) is 5. The van der Waals surface area contributed by atoms with E-state index in [0.29, 0.717) is 16.8 Å². The quantitative estimate of drug-likeness (QED) is 0.336. The van der Waals surface area contributed by atoms with Gasteiger partial charge in [0.25, 0.3) is 11.8 Å². The molecule has 6 rings (SSSR count). The third-order valence-electron chi connectivity index (χ3n) is 7.84. The van der Waals surface area contributed by atoms with Gasteiger partial charge in [0.05, 0.1) is 17.0 Å². The van der Waals surface area contributed by atoms with E-state index in [2.05, 4.69) is 68.9 Å². The van der Waals surface area contributed by atoms with Crippen LogP contribution in [0.1, 0.15) is 36.0 Å². The molecule has 0 spiro atoms. The van der Waals surface area contributed by atoms with Crippen molar-refractivity contribution in [2.24, 2.45) is 0 Å². The van der Waals surface area contributed by atoms with Crippen molar-refractivity contribution in [2.75, 3.05) is 48.8 Å². The van der Waals surface area contributed by atoms with E-state index in [1.54, 1.807) is 0 Å². The monoisotopic (exact) mass is 531 g/mol. The summed E-state index contributed by atoms with van der Waals surface area (Å²) in [6.07, 6.45) is 3.19. The van der Waals surface area contributed by atoms with Crippen LogP contribution in [0.5, 0.6) is 0 Å². The van der Waals surface area contributed by atoms with Gasteiger partial charge in [-0.05, 0) is 68.3 Å². The lowest BCUT2D eigenvalue weighted by Crippen LogP contribution is -2.44. The van der Waals surface area contributed by atoms with Crippen molar-refractivity contribution in [3.05, 3.63) is 89.5 Å². The molecule has 1 saturated heterocycles. The Hall–Kier alpha value is -4.54. The Balaban J connectivity index is 1.28. The molecule has 3 aliphatic rings. The Morgan fingerprint density at radius 1 is 0.950 bits per heavy atom. The minimum absolute atomic E-state index is 0.178. The van der Waals surface area contributed by atoms with Gasteiger partial charge in [-0.3, -0.25) is 9.59 Å². The maximum absolute atomic E-state index is 13.3. The molecule has 0 atom stereocenters. The largest absolute Gasteiger partial charge is 0.369 e. The summed E-state index contributed by atoms with van der Waals surface area (Å²) in [5.41, 5.74) is 6.51. The van der Waals surface area contributed by atoms with E-state index in [-0.39, 0.29) is 17.9 Å². The Labute approximate surface area is 235 Å². The Morgan fingerprint density at radius 3 is 2.40 bits per heavy atom. The van der Waals surface area contributed by atoms with Gasteiger partial charge in [0, 0.05) is 60.6 Å². The molecular formula is C33H33N5O2. The average Bonchev–Trinajstić information content (AvgIpc) is 3.28. The van der Waals surface area contributed by atoms with E-state index in [1.807, 2.05) is 48.5 Å². The molecule has 0 aromatic heterocycles. The first-order valence-electron chi connectivity index (χ1n) is 13.9. The van der Waals surface area contributed by atoms with Gasteiger partial charge >= 0.3 is 0 Å². The number of fused-ring (bicyclic) bond motifs is 1. The van der Waals surface area contributed by atoms with E-state index in [0.717, 1.165) is 68.0 Å². The van der Waals surface area contributed by atoms with Crippen LogP contribution in [0.3, 0.4) is 0 Å². The smallest absolute Gasteiger partial charge is 0.296 e. The number of carbonyl (C=O) groups excluding carboxylic acids is 2. The fourth-order valence-electron chi connectivity index (χ4n) is 5.25. The number of hydrogen-bond donors (Lipinski definition) is 3. The first-order chi connectivity index (χ1) is 19.5. The lowest BCUT2D eigenvalue weighted by atomic mass is 9.93. The maximum atomic E-state index is 13.3. The molecule has 7 heteroatoms. The minimum Gasteiger partial charge on any atom is -0.369 e. The number of likely N-dealkylation sites (N-methyl/N-ethyl adjacent to an activating group) is 1. The van der Waals surface area contributed by atoms with Crippen LogP contribution in [0, 0.1) is 11.8 Å². The molecule has 2 amide bonds. The third-order valence-corrected chi connectivity index (χ3v) is 7.84. The van der Waals surface area contributed by atoms with Crippen molar-refractivity contribution < 1.29 is 9.59 Å². The van der Waals surface area contributed by atoms with Gasteiger partial charge in [-0.2, -0.15) is 0 Å². The predicted molar refractivity (Wildman–Crippen MR) is 161 cm³/mol. The summed E-state index contributed by atoms with van der Waals surface area (Å²) in [6.45, 7) is 4.13. The summed E-state index contributed by atoms with van der Waals surface area (Å²) in [7, 11) is 2.16. The maximum Gasteiger partial charge on any atom is 0.296 e. The molecule has 0 radical (unpaired) electrons. The zero-order chi connectivity index (χ0) is 27.5. The van der Waals surface area contributed by atoms with Crippen molar-refractivity contribution in [1.82, 2.24) is 10.2 Å². The van der Waals surface area contributed by atoms with Crippen LogP contribution in [0.15, 0.2) is 72.8 Å². The lowest BCUT2D eigenvalue weighted by molar-refractivity contribution is -0.116. The molecule has 202 valence electrons. The van der Waals surface area contributed by atoms with Crippen LogP contribution in [0.25, 0.3) is 11.3 Å². The van der Waals surface area contributed by atoms with Gasteiger partial charge in [-0.15, -0.1) is 0 Å². The molecular weight excluding hydrogens is 498 g/mol. The number of amides is 2.